The van der Waals surface area contributed by atoms with Gasteiger partial charge in [0.1, 0.15) is 6.61 Å². The molecule has 1 atom stereocenters. The average Bonchev–Trinajstić information content (AvgIpc) is 3.38. The van der Waals surface area contributed by atoms with Crippen molar-refractivity contribution in [1.29, 1.82) is 0 Å². The number of unbranched alkanes of at least 4 members (excludes halogenated alkanes) is 35. The summed E-state index contributed by atoms with van der Waals surface area (Å²) in [6.45, 7) is 7.71. The summed E-state index contributed by atoms with van der Waals surface area (Å²) in [6, 6.07) is 0. The van der Waals surface area contributed by atoms with Gasteiger partial charge in [-0.1, -0.05) is 267 Å². The summed E-state index contributed by atoms with van der Waals surface area (Å²) in [4.78, 5) is 25.6. The lowest BCUT2D eigenvalue weighted by atomic mass is 10.1. The maximum Gasteiger partial charge on any atom is 0.306 e. The van der Waals surface area contributed by atoms with Crippen molar-refractivity contribution in [3.63, 3.8) is 0 Å². The summed E-state index contributed by atoms with van der Waals surface area (Å²) in [7, 11) is 0. The largest absolute Gasteiger partial charge is 0.462 e. The second kappa shape index (κ2) is 62.6. The first-order valence-corrected chi connectivity index (χ1v) is 31.5. The van der Waals surface area contributed by atoms with E-state index in [0.29, 0.717) is 19.4 Å². The van der Waals surface area contributed by atoms with Crippen LogP contribution in [0.15, 0.2) is 72.9 Å². The van der Waals surface area contributed by atoms with Crippen LogP contribution in [0.3, 0.4) is 0 Å². The quantitative estimate of drug-likeness (QED) is 0.0345. The Morgan fingerprint density at radius 1 is 0.319 bits per heavy atom. The molecule has 0 aromatic heterocycles. The Hall–Kier alpha value is -2.66. The summed E-state index contributed by atoms with van der Waals surface area (Å²) in [5, 5.41) is 0. The molecule has 0 fully saturated rings. The molecule has 0 aromatic carbocycles. The fraction of sp³-hybridized carbons (Fsp3) is 0.791. The molecule has 0 rings (SSSR count). The fourth-order valence-electron chi connectivity index (χ4n) is 9.02. The molecule has 0 heterocycles. The van der Waals surface area contributed by atoms with Crippen molar-refractivity contribution in [2.75, 3.05) is 19.8 Å². The van der Waals surface area contributed by atoms with Crippen molar-refractivity contribution in [2.24, 2.45) is 0 Å². The van der Waals surface area contributed by atoms with Crippen molar-refractivity contribution in [2.45, 2.75) is 322 Å². The molecule has 0 amide bonds. The smallest absolute Gasteiger partial charge is 0.306 e. The van der Waals surface area contributed by atoms with Crippen LogP contribution in [0.1, 0.15) is 316 Å². The van der Waals surface area contributed by atoms with Crippen LogP contribution in [0.2, 0.25) is 0 Å². The van der Waals surface area contributed by atoms with E-state index in [1.807, 2.05) is 0 Å². The van der Waals surface area contributed by atoms with Crippen LogP contribution in [0.25, 0.3) is 0 Å². The van der Waals surface area contributed by atoms with Crippen LogP contribution in [0, 0.1) is 0 Å². The highest BCUT2D eigenvalue weighted by molar-refractivity contribution is 5.70. The standard InChI is InChI=1S/C67H120O5/c1-4-7-10-13-16-19-22-25-28-31-34-36-39-42-45-48-51-54-57-60-66(68)71-64-65(63-70-62-59-56-53-50-47-44-41-38-33-30-27-24-21-18-15-12-9-6-3)72-67(69)61-58-55-52-49-46-43-40-37-35-32-29-26-23-20-17-14-11-8-5-2/h9,12,18,21,25-30,38,41,65H,4-8,10-11,13-17,19-20,22-24,31-37,39-40,42-64H2,1-3H3/b12-9-,21-18-,28-25-,29-26-,30-27-,41-38-. The molecule has 0 N–H and O–H groups in total. The van der Waals surface area contributed by atoms with Gasteiger partial charge < -0.3 is 14.2 Å². The predicted octanol–water partition coefficient (Wildman–Crippen LogP) is 21.8. The van der Waals surface area contributed by atoms with E-state index in [9.17, 15) is 9.59 Å². The van der Waals surface area contributed by atoms with Crippen LogP contribution in [0.5, 0.6) is 0 Å². The van der Waals surface area contributed by atoms with Crippen molar-refractivity contribution in [1.82, 2.24) is 0 Å². The molecule has 0 spiro atoms. The number of carbonyl (C=O) groups excluding carboxylic acids is 2. The first kappa shape index (κ1) is 69.3. The SMILES string of the molecule is CC/C=C\C/C=C\C/C=C\C/C=C\CCCCCCCOCC(COC(=O)CCCCCCCCCCC/C=C\CCCCCCCC)OC(=O)CCCCCCCCCCC/C=C\CCCCCCCC. The number of hydrogen-bond acceptors (Lipinski definition) is 5. The number of hydrogen-bond donors (Lipinski definition) is 0. The van der Waals surface area contributed by atoms with Gasteiger partial charge in [0.05, 0.1) is 6.61 Å². The van der Waals surface area contributed by atoms with Crippen LogP contribution >= 0.6 is 0 Å². The Bertz CT molecular complexity index is 1270. The third kappa shape index (κ3) is 59.9. The van der Waals surface area contributed by atoms with E-state index in [2.05, 4.69) is 93.7 Å². The molecule has 418 valence electrons. The molecule has 0 radical (unpaired) electrons. The van der Waals surface area contributed by atoms with Crippen LogP contribution in [0.4, 0.5) is 0 Å². The summed E-state index contributed by atoms with van der Waals surface area (Å²) >= 11 is 0. The molecule has 0 aliphatic heterocycles. The summed E-state index contributed by atoms with van der Waals surface area (Å²) in [5.41, 5.74) is 0. The highest BCUT2D eigenvalue weighted by atomic mass is 16.6. The third-order valence-corrected chi connectivity index (χ3v) is 13.7. The van der Waals surface area contributed by atoms with Crippen LogP contribution in [-0.2, 0) is 23.8 Å². The minimum Gasteiger partial charge on any atom is -0.462 e. The molecule has 72 heavy (non-hydrogen) atoms. The molecule has 0 saturated carbocycles. The van der Waals surface area contributed by atoms with E-state index in [1.54, 1.807) is 0 Å². The van der Waals surface area contributed by atoms with E-state index in [0.717, 1.165) is 70.6 Å². The minimum absolute atomic E-state index is 0.0757. The molecule has 0 aromatic rings. The maximum atomic E-state index is 12.9. The lowest BCUT2D eigenvalue weighted by Crippen LogP contribution is -2.30. The molecular formula is C67H120O5. The predicted molar refractivity (Wildman–Crippen MR) is 316 cm³/mol. The topological polar surface area (TPSA) is 61.8 Å². The van der Waals surface area contributed by atoms with Gasteiger partial charge in [0.25, 0.3) is 0 Å². The molecule has 5 heteroatoms. The molecule has 1 unspecified atom stereocenters. The number of esters is 2. The monoisotopic (exact) mass is 1000 g/mol. The van der Waals surface area contributed by atoms with Gasteiger partial charge in [-0.25, -0.2) is 0 Å². The van der Waals surface area contributed by atoms with E-state index < -0.39 is 6.10 Å². The van der Waals surface area contributed by atoms with Gasteiger partial charge in [-0.05, 0) is 109 Å². The Morgan fingerprint density at radius 2 is 0.625 bits per heavy atom. The Balaban J connectivity index is 4.30. The van der Waals surface area contributed by atoms with Gasteiger partial charge in [-0.15, -0.1) is 0 Å². The zero-order chi connectivity index (χ0) is 52.0. The molecule has 5 nitrogen and oxygen atoms in total. The zero-order valence-electron chi connectivity index (χ0n) is 48.2. The van der Waals surface area contributed by atoms with Crippen LogP contribution < -0.4 is 0 Å². The summed E-state index contributed by atoms with van der Waals surface area (Å²) < 4.78 is 17.5. The maximum absolute atomic E-state index is 12.9. The molecule has 0 aliphatic rings. The van der Waals surface area contributed by atoms with Crippen molar-refractivity contribution >= 4 is 11.9 Å². The zero-order valence-corrected chi connectivity index (χ0v) is 48.2. The van der Waals surface area contributed by atoms with Gasteiger partial charge in [0, 0.05) is 19.4 Å². The van der Waals surface area contributed by atoms with E-state index in [4.69, 9.17) is 14.2 Å². The average molecular weight is 1010 g/mol. The normalized spacial score (nSPS) is 12.7. The summed E-state index contributed by atoms with van der Waals surface area (Å²) in [5.74, 6) is -0.400. The molecular weight excluding hydrogens is 885 g/mol. The lowest BCUT2D eigenvalue weighted by Gasteiger charge is -2.18. The molecule has 0 bridgehead atoms. The second-order valence-corrected chi connectivity index (χ2v) is 20.9. The van der Waals surface area contributed by atoms with Gasteiger partial charge in [0.2, 0.25) is 0 Å². The van der Waals surface area contributed by atoms with Gasteiger partial charge in [0.15, 0.2) is 6.10 Å². The summed E-state index contributed by atoms with van der Waals surface area (Å²) in [6.07, 6.45) is 82.2. The van der Waals surface area contributed by atoms with E-state index in [-0.39, 0.29) is 25.2 Å². The number of ether oxygens (including phenoxy) is 3. The highest BCUT2D eigenvalue weighted by Gasteiger charge is 2.17. The molecule has 0 saturated heterocycles. The van der Waals surface area contributed by atoms with Crippen molar-refractivity contribution in [3.05, 3.63) is 72.9 Å². The Kier molecular flexibility index (Phi) is 60.3. The Labute approximate surface area is 448 Å². The van der Waals surface area contributed by atoms with E-state index in [1.165, 1.54) is 212 Å². The second-order valence-electron chi connectivity index (χ2n) is 20.9. The highest BCUT2D eigenvalue weighted by Crippen LogP contribution is 2.16. The minimum atomic E-state index is -0.551. The van der Waals surface area contributed by atoms with Gasteiger partial charge in [-0.2, -0.15) is 0 Å². The van der Waals surface area contributed by atoms with Crippen molar-refractivity contribution < 1.29 is 23.8 Å². The first-order chi connectivity index (χ1) is 35.6. The van der Waals surface area contributed by atoms with Gasteiger partial charge >= 0.3 is 11.9 Å². The van der Waals surface area contributed by atoms with Crippen molar-refractivity contribution in [3.8, 4) is 0 Å². The Morgan fingerprint density at radius 3 is 1.01 bits per heavy atom. The lowest BCUT2D eigenvalue weighted by molar-refractivity contribution is -0.163. The van der Waals surface area contributed by atoms with Gasteiger partial charge in [-0.3, -0.25) is 9.59 Å². The fourth-order valence-corrected chi connectivity index (χ4v) is 9.02. The molecule has 0 aliphatic carbocycles. The van der Waals surface area contributed by atoms with Crippen LogP contribution in [-0.4, -0.2) is 37.9 Å². The third-order valence-electron chi connectivity index (χ3n) is 13.7. The number of carbonyl (C=O) groups is 2. The first-order valence-electron chi connectivity index (χ1n) is 31.5. The number of allylic oxidation sites excluding steroid dienone is 12. The van der Waals surface area contributed by atoms with E-state index >= 15 is 0 Å². The number of rotatable bonds is 58.